The second-order valence-electron chi connectivity index (χ2n) is 8.73. The van der Waals surface area contributed by atoms with Gasteiger partial charge in [-0.1, -0.05) is 57.9 Å². The SMILES string of the molecule is CC(C)(C)c1cccc(CCC2C(=O)CC(C3CCCC3)OC2=O)c1. The maximum atomic E-state index is 12.5. The third kappa shape index (κ3) is 4.31. The molecule has 3 heteroatoms. The minimum atomic E-state index is -0.573. The number of hydrogen-bond donors (Lipinski definition) is 0. The number of ketones is 1. The molecule has 25 heavy (non-hydrogen) atoms. The van der Waals surface area contributed by atoms with Crippen molar-refractivity contribution >= 4 is 11.8 Å². The van der Waals surface area contributed by atoms with Crippen LogP contribution in [0, 0.1) is 11.8 Å². The van der Waals surface area contributed by atoms with Crippen molar-refractivity contribution in [3.05, 3.63) is 35.4 Å². The predicted molar refractivity (Wildman–Crippen MR) is 98.4 cm³/mol. The molecule has 3 rings (SSSR count). The molecule has 2 atom stereocenters. The second kappa shape index (κ2) is 7.31. The molecule has 2 aliphatic rings. The summed E-state index contributed by atoms with van der Waals surface area (Å²) in [6, 6.07) is 8.47. The van der Waals surface area contributed by atoms with Gasteiger partial charge < -0.3 is 4.74 Å². The number of Topliss-reactive ketones (excluding diaryl/α,β-unsaturated/α-hetero) is 1. The zero-order valence-corrected chi connectivity index (χ0v) is 15.7. The Morgan fingerprint density at radius 2 is 1.84 bits per heavy atom. The van der Waals surface area contributed by atoms with Crippen molar-refractivity contribution in [1.29, 1.82) is 0 Å². The molecule has 1 saturated carbocycles. The smallest absolute Gasteiger partial charge is 0.316 e. The van der Waals surface area contributed by atoms with Gasteiger partial charge in [-0.3, -0.25) is 9.59 Å². The molecule has 1 aromatic carbocycles. The van der Waals surface area contributed by atoms with Gasteiger partial charge in [-0.05, 0) is 48.1 Å². The molecule has 1 aliphatic heterocycles. The number of ether oxygens (including phenoxy) is 1. The average Bonchev–Trinajstić information content (AvgIpc) is 3.08. The Kier molecular flexibility index (Phi) is 5.31. The quantitative estimate of drug-likeness (QED) is 0.593. The number of benzene rings is 1. The highest BCUT2D eigenvalue weighted by atomic mass is 16.5. The number of cyclic esters (lactones) is 1. The lowest BCUT2D eigenvalue weighted by Crippen LogP contribution is -2.41. The van der Waals surface area contributed by atoms with Crippen molar-refractivity contribution < 1.29 is 14.3 Å². The maximum Gasteiger partial charge on any atom is 0.316 e. The second-order valence-corrected chi connectivity index (χ2v) is 8.73. The fourth-order valence-electron chi connectivity index (χ4n) is 4.12. The van der Waals surface area contributed by atoms with E-state index in [1.165, 1.54) is 24.0 Å². The Morgan fingerprint density at radius 1 is 1.12 bits per heavy atom. The third-order valence-corrected chi connectivity index (χ3v) is 5.78. The molecular weight excluding hydrogens is 312 g/mol. The van der Waals surface area contributed by atoms with E-state index in [1.807, 2.05) is 0 Å². The highest BCUT2D eigenvalue weighted by Gasteiger charge is 2.40. The van der Waals surface area contributed by atoms with Crippen molar-refractivity contribution in [3.8, 4) is 0 Å². The lowest BCUT2D eigenvalue weighted by atomic mass is 9.84. The van der Waals surface area contributed by atoms with E-state index in [2.05, 4.69) is 45.0 Å². The molecule has 0 radical (unpaired) electrons. The van der Waals surface area contributed by atoms with E-state index in [0.29, 0.717) is 18.8 Å². The van der Waals surface area contributed by atoms with Gasteiger partial charge in [-0.15, -0.1) is 0 Å². The Labute approximate surface area is 151 Å². The summed E-state index contributed by atoms with van der Waals surface area (Å²) in [5, 5.41) is 0. The van der Waals surface area contributed by atoms with Crippen molar-refractivity contribution in [2.45, 2.75) is 77.2 Å². The Balaban J connectivity index is 1.60. The first-order valence-corrected chi connectivity index (χ1v) is 9.67. The van der Waals surface area contributed by atoms with E-state index < -0.39 is 5.92 Å². The molecule has 2 fully saturated rings. The van der Waals surface area contributed by atoms with Crippen LogP contribution < -0.4 is 0 Å². The van der Waals surface area contributed by atoms with Crippen LogP contribution in [0.15, 0.2) is 24.3 Å². The number of hydrogen-bond acceptors (Lipinski definition) is 3. The summed E-state index contributed by atoms with van der Waals surface area (Å²) < 4.78 is 5.66. The molecule has 1 saturated heterocycles. The Bertz CT molecular complexity index is 617. The van der Waals surface area contributed by atoms with E-state index in [0.717, 1.165) is 19.3 Å². The molecular formula is C22H30O3. The summed E-state index contributed by atoms with van der Waals surface area (Å²) in [4.78, 5) is 24.9. The number of aryl methyl sites for hydroxylation is 1. The first-order valence-electron chi connectivity index (χ1n) is 9.67. The number of carbonyl (C=O) groups excluding carboxylic acids is 2. The average molecular weight is 342 g/mol. The molecule has 2 unspecified atom stereocenters. The van der Waals surface area contributed by atoms with Gasteiger partial charge in [-0.25, -0.2) is 0 Å². The van der Waals surface area contributed by atoms with Gasteiger partial charge in [-0.2, -0.15) is 0 Å². The van der Waals surface area contributed by atoms with E-state index in [9.17, 15) is 9.59 Å². The third-order valence-electron chi connectivity index (χ3n) is 5.78. The van der Waals surface area contributed by atoms with E-state index in [4.69, 9.17) is 4.74 Å². The Hall–Kier alpha value is -1.64. The normalized spacial score (nSPS) is 25.2. The van der Waals surface area contributed by atoms with E-state index in [1.54, 1.807) is 0 Å². The van der Waals surface area contributed by atoms with Crippen LogP contribution in [0.5, 0.6) is 0 Å². The molecule has 0 N–H and O–H groups in total. The van der Waals surface area contributed by atoms with Crippen LogP contribution in [-0.4, -0.2) is 17.9 Å². The summed E-state index contributed by atoms with van der Waals surface area (Å²) in [7, 11) is 0. The van der Waals surface area contributed by atoms with Crippen LogP contribution in [0.4, 0.5) is 0 Å². The first-order chi connectivity index (χ1) is 11.8. The molecule has 1 aromatic rings. The fraction of sp³-hybridized carbons (Fsp3) is 0.636. The van der Waals surface area contributed by atoms with Crippen LogP contribution in [0.3, 0.4) is 0 Å². The standard InChI is InChI=1S/C22H30O3/c1-22(2,3)17-10-6-7-15(13-17)11-12-18-19(23)14-20(25-21(18)24)16-8-4-5-9-16/h6-7,10,13,16,18,20H,4-5,8-9,11-12,14H2,1-3H3. The summed E-state index contributed by atoms with van der Waals surface area (Å²) in [5.41, 5.74) is 2.57. The zero-order valence-electron chi connectivity index (χ0n) is 15.7. The monoisotopic (exact) mass is 342 g/mol. The lowest BCUT2D eigenvalue weighted by Gasteiger charge is -2.30. The van der Waals surface area contributed by atoms with Gasteiger partial charge in [0.15, 0.2) is 5.78 Å². The molecule has 0 spiro atoms. The van der Waals surface area contributed by atoms with E-state index >= 15 is 0 Å². The minimum Gasteiger partial charge on any atom is -0.461 e. The molecule has 0 bridgehead atoms. The van der Waals surface area contributed by atoms with Crippen LogP contribution in [0.25, 0.3) is 0 Å². The van der Waals surface area contributed by atoms with Gasteiger partial charge >= 0.3 is 5.97 Å². The molecule has 136 valence electrons. The molecule has 0 aromatic heterocycles. The van der Waals surface area contributed by atoms with Crippen LogP contribution in [0.2, 0.25) is 0 Å². The van der Waals surface area contributed by atoms with Gasteiger partial charge in [0.05, 0.1) is 0 Å². The van der Waals surface area contributed by atoms with Crippen molar-refractivity contribution in [2.24, 2.45) is 11.8 Å². The highest BCUT2D eigenvalue weighted by molar-refractivity contribution is 6.01. The largest absolute Gasteiger partial charge is 0.461 e. The lowest BCUT2D eigenvalue weighted by molar-refractivity contribution is -0.168. The molecule has 1 heterocycles. The summed E-state index contributed by atoms with van der Waals surface area (Å²) in [6.45, 7) is 6.58. The van der Waals surface area contributed by atoms with Crippen LogP contribution in [-0.2, 0) is 26.2 Å². The molecule has 3 nitrogen and oxygen atoms in total. The minimum absolute atomic E-state index is 0.0834. The Morgan fingerprint density at radius 3 is 2.48 bits per heavy atom. The highest BCUT2D eigenvalue weighted by Crippen LogP contribution is 2.34. The van der Waals surface area contributed by atoms with Gasteiger partial charge in [0.2, 0.25) is 0 Å². The zero-order chi connectivity index (χ0) is 18.0. The molecule has 0 amide bonds. The summed E-state index contributed by atoms with van der Waals surface area (Å²) in [5.74, 6) is -0.381. The number of esters is 1. The van der Waals surface area contributed by atoms with Crippen molar-refractivity contribution in [1.82, 2.24) is 0 Å². The topological polar surface area (TPSA) is 43.4 Å². The van der Waals surface area contributed by atoms with Crippen molar-refractivity contribution in [2.75, 3.05) is 0 Å². The maximum absolute atomic E-state index is 12.5. The summed E-state index contributed by atoms with van der Waals surface area (Å²) in [6.07, 6.45) is 6.13. The number of carbonyl (C=O) groups is 2. The summed E-state index contributed by atoms with van der Waals surface area (Å²) >= 11 is 0. The van der Waals surface area contributed by atoms with Gasteiger partial charge in [0, 0.05) is 6.42 Å². The van der Waals surface area contributed by atoms with Gasteiger partial charge in [0.1, 0.15) is 12.0 Å². The van der Waals surface area contributed by atoms with Crippen molar-refractivity contribution in [3.63, 3.8) is 0 Å². The van der Waals surface area contributed by atoms with Crippen LogP contribution >= 0.6 is 0 Å². The predicted octanol–water partition coefficient (Wildman–Crippen LogP) is 4.61. The first kappa shape index (κ1) is 18.2. The van der Waals surface area contributed by atoms with E-state index in [-0.39, 0.29) is 23.3 Å². The fourth-order valence-corrected chi connectivity index (χ4v) is 4.12. The number of rotatable bonds is 4. The molecule has 1 aliphatic carbocycles. The van der Waals surface area contributed by atoms with Gasteiger partial charge in [0.25, 0.3) is 0 Å². The van der Waals surface area contributed by atoms with Crippen LogP contribution in [0.1, 0.15) is 70.4 Å².